The lowest BCUT2D eigenvalue weighted by molar-refractivity contribution is 0.0890. The van der Waals surface area contributed by atoms with Crippen molar-refractivity contribution in [3.05, 3.63) is 120 Å². The van der Waals surface area contributed by atoms with Crippen LogP contribution in [0, 0.1) is 5.82 Å². The van der Waals surface area contributed by atoms with Gasteiger partial charge in [-0.2, -0.15) is 8.42 Å². The van der Waals surface area contributed by atoms with E-state index in [4.69, 9.17) is 8.92 Å². The monoisotopic (exact) mass is 696 g/mol. The molecular weight excluding hydrogens is 660 g/mol. The molecule has 2 amide bonds. The fraction of sp³-hybridized carbons (Fsp3) is 0.263. The van der Waals surface area contributed by atoms with Crippen LogP contribution < -0.4 is 15.4 Å². The highest BCUT2D eigenvalue weighted by molar-refractivity contribution is 7.85. The highest BCUT2D eigenvalue weighted by Gasteiger charge is 2.26. The lowest BCUT2D eigenvalue weighted by atomic mass is 9.90. The number of para-hydroxylation sites is 1. The van der Waals surface area contributed by atoms with Gasteiger partial charge in [-0.1, -0.05) is 54.6 Å². The van der Waals surface area contributed by atoms with Gasteiger partial charge in [-0.05, 0) is 85.5 Å². The number of hydrogen-bond donors (Lipinski definition) is 2. The summed E-state index contributed by atoms with van der Waals surface area (Å²) in [4.78, 5) is 34.9. The number of carbonyl (C=O) groups excluding carboxylic acids is 2. The molecule has 1 aliphatic carbocycles. The number of carbonyl (C=O) groups is 2. The smallest absolute Gasteiger partial charge is 0.264 e. The molecule has 2 heterocycles. The molecule has 0 atom stereocenters. The second-order valence-electron chi connectivity index (χ2n) is 12.3. The molecule has 1 aliphatic rings. The van der Waals surface area contributed by atoms with Gasteiger partial charge in [0.25, 0.3) is 21.9 Å². The maximum absolute atomic E-state index is 14.3. The first-order valence-corrected chi connectivity index (χ1v) is 18.3. The summed E-state index contributed by atoms with van der Waals surface area (Å²) in [5, 5.41) is 7.01. The van der Waals surface area contributed by atoms with Gasteiger partial charge >= 0.3 is 0 Å². The van der Waals surface area contributed by atoms with Crippen LogP contribution in [0.4, 0.5) is 4.39 Å². The Labute approximate surface area is 290 Å². The quantitative estimate of drug-likeness (QED) is 0.110. The Bertz CT molecular complexity index is 2100. The van der Waals surface area contributed by atoms with E-state index in [2.05, 4.69) is 20.6 Å². The van der Waals surface area contributed by atoms with E-state index in [1.165, 1.54) is 0 Å². The van der Waals surface area contributed by atoms with Gasteiger partial charge in [0.1, 0.15) is 17.1 Å². The van der Waals surface area contributed by atoms with Crippen LogP contribution in [0.25, 0.3) is 22.0 Å². The second-order valence-corrected chi connectivity index (χ2v) is 14.0. The van der Waals surface area contributed by atoms with Gasteiger partial charge in [-0.3, -0.25) is 18.8 Å². The summed E-state index contributed by atoms with van der Waals surface area (Å²) < 4.78 is 47.5. The standard InChI is InChI=1S/C38H37FN4O6S/c1-50(46,47)48-21-5-6-25-12-14-26(15-13-25)28-8-2-10-32(22-28)49-38-34(23-29(39)24-41-38)37(45)43-31-18-16-30(17-19-31)42-36(44)33-11-3-7-27-9-4-20-40-35(27)33/h2-4,7-15,20,22-24,30-31H,5-6,16-19,21H2,1H3,(H,42,44)(H,43,45). The Morgan fingerprint density at radius 3 is 2.22 bits per heavy atom. The molecule has 1 fully saturated rings. The van der Waals surface area contributed by atoms with Gasteiger partial charge in [-0.15, -0.1) is 0 Å². The zero-order valence-corrected chi connectivity index (χ0v) is 28.3. The highest BCUT2D eigenvalue weighted by Crippen LogP contribution is 2.29. The molecule has 0 spiro atoms. The van der Waals surface area contributed by atoms with Crippen LogP contribution in [0.1, 0.15) is 58.4 Å². The Balaban J connectivity index is 1.05. The van der Waals surface area contributed by atoms with Crippen LogP contribution in [-0.4, -0.2) is 55.1 Å². The summed E-state index contributed by atoms with van der Waals surface area (Å²) in [6, 6.07) is 25.3. The van der Waals surface area contributed by atoms with E-state index in [-0.39, 0.29) is 36.0 Å². The van der Waals surface area contributed by atoms with Gasteiger partial charge in [0.05, 0.1) is 30.1 Å². The fourth-order valence-corrected chi connectivity index (χ4v) is 6.49. The molecule has 0 bridgehead atoms. The van der Waals surface area contributed by atoms with E-state index in [0.717, 1.165) is 40.6 Å². The Kier molecular flexibility index (Phi) is 10.8. The minimum Gasteiger partial charge on any atom is -0.438 e. The summed E-state index contributed by atoms with van der Waals surface area (Å²) in [5.41, 5.74) is 4.00. The first-order chi connectivity index (χ1) is 24.1. The number of aryl methyl sites for hydroxylation is 1. The molecule has 0 radical (unpaired) electrons. The molecule has 0 aliphatic heterocycles. The molecule has 12 heteroatoms. The Morgan fingerprint density at radius 2 is 1.50 bits per heavy atom. The van der Waals surface area contributed by atoms with Crippen LogP contribution in [0.2, 0.25) is 0 Å². The lowest BCUT2D eigenvalue weighted by Crippen LogP contribution is -2.44. The van der Waals surface area contributed by atoms with Crippen LogP contribution in [-0.2, 0) is 20.7 Å². The summed E-state index contributed by atoms with van der Waals surface area (Å²) in [5.74, 6) is -0.916. The molecule has 6 rings (SSSR count). The number of pyridine rings is 2. The van der Waals surface area contributed by atoms with Crippen molar-refractivity contribution in [1.29, 1.82) is 0 Å². The first-order valence-electron chi connectivity index (χ1n) is 16.4. The van der Waals surface area contributed by atoms with Crippen LogP contribution in [0.5, 0.6) is 11.6 Å². The third kappa shape index (κ3) is 9.07. The fourth-order valence-electron chi connectivity index (χ4n) is 6.07. The molecule has 5 aromatic rings. The molecule has 2 N–H and O–H groups in total. The van der Waals surface area contributed by atoms with Crippen molar-refractivity contribution < 1.29 is 31.3 Å². The molecule has 258 valence electrons. The minimum atomic E-state index is -3.45. The molecular formula is C38H37FN4O6S. The largest absolute Gasteiger partial charge is 0.438 e. The van der Waals surface area contributed by atoms with E-state index >= 15 is 0 Å². The van der Waals surface area contributed by atoms with E-state index in [1.54, 1.807) is 18.3 Å². The summed E-state index contributed by atoms with van der Waals surface area (Å²) in [7, 11) is -3.45. The molecule has 50 heavy (non-hydrogen) atoms. The molecule has 1 saturated carbocycles. The number of hydrogen-bond acceptors (Lipinski definition) is 8. The summed E-state index contributed by atoms with van der Waals surface area (Å²) in [6.07, 6.45) is 7.57. The topological polar surface area (TPSA) is 137 Å². The average molecular weight is 697 g/mol. The molecule has 0 unspecified atom stereocenters. The number of nitrogens with one attached hydrogen (secondary N) is 2. The SMILES string of the molecule is CS(=O)(=O)OCCCc1ccc(-c2cccc(Oc3ncc(F)cc3C(=O)NC3CCC(NC(=O)c4cccc5cccnc45)CC3)c2)cc1. The van der Waals surface area contributed by atoms with Crippen molar-refractivity contribution in [3.8, 4) is 22.8 Å². The maximum Gasteiger partial charge on any atom is 0.264 e. The summed E-state index contributed by atoms with van der Waals surface area (Å²) >= 11 is 0. The summed E-state index contributed by atoms with van der Waals surface area (Å²) in [6.45, 7) is 0.129. The van der Waals surface area contributed by atoms with E-state index in [0.29, 0.717) is 55.4 Å². The number of aromatic nitrogens is 2. The number of benzene rings is 3. The van der Waals surface area contributed by atoms with Gasteiger partial charge in [0, 0.05) is 23.7 Å². The number of amides is 2. The number of halogens is 1. The molecule has 0 saturated heterocycles. The Morgan fingerprint density at radius 1 is 0.820 bits per heavy atom. The van der Waals surface area contributed by atoms with Crippen molar-refractivity contribution in [2.75, 3.05) is 12.9 Å². The molecule has 10 nitrogen and oxygen atoms in total. The zero-order valence-electron chi connectivity index (χ0n) is 27.5. The van der Waals surface area contributed by atoms with Crippen molar-refractivity contribution in [3.63, 3.8) is 0 Å². The highest BCUT2D eigenvalue weighted by atomic mass is 32.2. The number of nitrogens with zero attached hydrogens (tertiary/aromatic N) is 2. The third-order valence-corrected chi connectivity index (χ3v) is 9.18. The lowest BCUT2D eigenvalue weighted by Gasteiger charge is -2.30. The average Bonchev–Trinajstić information content (AvgIpc) is 3.11. The maximum atomic E-state index is 14.3. The van der Waals surface area contributed by atoms with Crippen molar-refractivity contribution in [2.24, 2.45) is 0 Å². The van der Waals surface area contributed by atoms with Gasteiger partial charge in [0.2, 0.25) is 5.88 Å². The number of fused-ring (bicyclic) bond motifs is 1. The second kappa shape index (κ2) is 15.6. The predicted molar refractivity (Wildman–Crippen MR) is 188 cm³/mol. The van der Waals surface area contributed by atoms with E-state index in [9.17, 15) is 22.4 Å². The minimum absolute atomic E-state index is 0.0153. The Hall–Kier alpha value is -5.20. The number of rotatable bonds is 12. The van der Waals surface area contributed by atoms with Gasteiger partial charge in [0.15, 0.2) is 0 Å². The number of ether oxygens (including phenoxy) is 1. The molecule has 3 aromatic carbocycles. The van der Waals surface area contributed by atoms with Crippen LogP contribution in [0.15, 0.2) is 97.3 Å². The first kappa shape index (κ1) is 34.7. The predicted octanol–water partition coefficient (Wildman–Crippen LogP) is 6.61. The molecule has 2 aromatic heterocycles. The van der Waals surface area contributed by atoms with E-state index < -0.39 is 21.8 Å². The third-order valence-electron chi connectivity index (χ3n) is 8.58. The van der Waals surface area contributed by atoms with Crippen molar-refractivity contribution >= 4 is 32.8 Å². The van der Waals surface area contributed by atoms with Gasteiger partial charge in [-0.25, -0.2) is 9.37 Å². The van der Waals surface area contributed by atoms with Crippen molar-refractivity contribution in [1.82, 2.24) is 20.6 Å². The van der Waals surface area contributed by atoms with Crippen LogP contribution in [0.3, 0.4) is 0 Å². The normalized spacial score (nSPS) is 16.1. The van der Waals surface area contributed by atoms with Crippen LogP contribution >= 0.6 is 0 Å². The zero-order chi connectivity index (χ0) is 35.1. The van der Waals surface area contributed by atoms with Crippen molar-refractivity contribution in [2.45, 2.75) is 50.6 Å². The van der Waals surface area contributed by atoms with Gasteiger partial charge < -0.3 is 15.4 Å². The van der Waals surface area contributed by atoms with E-state index in [1.807, 2.05) is 66.7 Å².